The highest BCUT2D eigenvalue weighted by molar-refractivity contribution is 5.87. The molecule has 0 aromatic heterocycles. The zero-order chi connectivity index (χ0) is 26.8. The Morgan fingerprint density at radius 3 is 2.06 bits per heavy atom. The Morgan fingerprint density at radius 1 is 0.943 bits per heavy atom. The summed E-state index contributed by atoms with van der Waals surface area (Å²) in [6, 6.07) is 5.71. The van der Waals surface area contributed by atoms with E-state index in [4.69, 9.17) is 21.0 Å². The van der Waals surface area contributed by atoms with Crippen molar-refractivity contribution in [2.45, 2.75) is 54.1 Å². The number of amides is 2. The van der Waals surface area contributed by atoms with Gasteiger partial charge in [0.1, 0.15) is 12.6 Å². The van der Waals surface area contributed by atoms with Gasteiger partial charge >= 0.3 is 11.9 Å². The van der Waals surface area contributed by atoms with Gasteiger partial charge in [0.2, 0.25) is 17.8 Å². The molecular formula is C23H36N6O6. The van der Waals surface area contributed by atoms with Gasteiger partial charge in [-0.2, -0.15) is 5.48 Å². The zero-order valence-electron chi connectivity index (χ0n) is 21.1. The number of benzene rings is 1. The Hall–Kier alpha value is -3.67. The molecule has 0 saturated heterocycles. The maximum absolute atomic E-state index is 12.0. The van der Waals surface area contributed by atoms with E-state index in [0.717, 1.165) is 5.56 Å². The Labute approximate surface area is 205 Å². The summed E-state index contributed by atoms with van der Waals surface area (Å²) >= 11 is 0. The molecule has 0 bridgehead atoms. The predicted octanol–water partition coefficient (Wildman–Crippen LogP) is 0.376. The molecule has 35 heavy (non-hydrogen) atoms. The van der Waals surface area contributed by atoms with E-state index in [9.17, 15) is 19.2 Å². The van der Waals surface area contributed by atoms with Crippen LogP contribution < -0.4 is 27.6 Å². The molecule has 0 fully saturated rings. The first-order valence-corrected chi connectivity index (χ1v) is 11.0. The monoisotopic (exact) mass is 492 g/mol. The highest BCUT2D eigenvalue weighted by Crippen LogP contribution is 2.16. The summed E-state index contributed by atoms with van der Waals surface area (Å²) in [5.41, 5.74) is 13.6. The minimum atomic E-state index is -1.08. The molecule has 2 amide bonds. The molecule has 0 saturated carbocycles. The van der Waals surface area contributed by atoms with E-state index in [-0.39, 0.29) is 25.7 Å². The van der Waals surface area contributed by atoms with Crippen LogP contribution in [0.3, 0.4) is 0 Å². The molecular weight excluding hydrogens is 456 g/mol. The van der Waals surface area contributed by atoms with Crippen molar-refractivity contribution >= 4 is 35.4 Å². The second kappa shape index (κ2) is 12.7. The standard InChI is InChI=1S/C23H36N6O6/c1-22(2,3)19(32)34-13-16(24)18(31)27-12-17(30)26-11-14-7-9-15(10-8-14)28-21(25)29-35-20(33)23(4,5)6/h7-10,16H,11-13,24H2,1-6H3,(H,26,30)(H,27,31)(H3,25,28,29)/t16-/m1/s1. The van der Waals surface area contributed by atoms with E-state index in [1.807, 2.05) is 0 Å². The summed E-state index contributed by atoms with van der Waals surface area (Å²) in [7, 11) is 0. The number of hydrogen-bond donors (Lipinski definition) is 5. The quantitative estimate of drug-likeness (QED) is 0.148. The lowest BCUT2D eigenvalue weighted by Crippen LogP contribution is -2.47. The number of aliphatic imine (C=N–C) groups is 1. The van der Waals surface area contributed by atoms with Gasteiger partial charge in [-0.25, -0.2) is 9.79 Å². The van der Waals surface area contributed by atoms with E-state index >= 15 is 0 Å². The fourth-order valence-corrected chi connectivity index (χ4v) is 2.12. The summed E-state index contributed by atoms with van der Waals surface area (Å²) in [5.74, 6) is -2.08. The SMILES string of the molecule is CC(C)(C)C(=O)OC[C@@H](N)C(=O)NCC(=O)NCc1ccc(N=C(N)NOC(=O)C(C)(C)C)cc1. The van der Waals surface area contributed by atoms with Gasteiger partial charge in [-0.3, -0.25) is 14.4 Å². The van der Waals surface area contributed by atoms with Crippen molar-refractivity contribution in [3.63, 3.8) is 0 Å². The summed E-state index contributed by atoms with van der Waals surface area (Å²) in [6.07, 6.45) is 0. The first kappa shape index (κ1) is 29.4. The van der Waals surface area contributed by atoms with Crippen LogP contribution in [0.4, 0.5) is 5.69 Å². The molecule has 0 aliphatic carbocycles. The third-order valence-electron chi connectivity index (χ3n) is 4.30. The van der Waals surface area contributed by atoms with Gasteiger partial charge in [0.25, 0.3) is 0 Å². The van der Waals surface area contributed by atoms with E-state index < -0.39 is 40.6 Å². The van der Waals surface area contributed by atoms with Crippen LogP contribution in [0.1, 0.15) is 47.1 Å². The fraction of sp³-hybridized carbons (Fsp3) is 0.522. The van der Waals surface area contributed by atoms with Crippen molar-refractivity contribution in [3.8, 4) is 0 Å². The highest BCUT2D eigenvalue weighted by atomic mass is 16.7. The van der Waals surface area contributed by atoms with E-state index in [0.29, 0.717) is 5.69 Å². The number of nitrogens with zero attached hydrogens (tertiary/aromatic N) is 1. The number of ether oxygens (including phenoxy) is 1. The molecule has 12 nitrogen and oxygen atoms in total. The molecule has 1 aromatic rings. The first-order chi connectivity index (χ1) is 16.1. The molecule has 12 heteroatoms. The van der Waals surface area contributed by atoms with Gasteiger partial charge in [-0.1, -0.05) is 12.1 Å². The van der Waals surface area contributed by atoms with Gasteiger partial charge < -0.3 is 31.7 Å². The minimum Gasteiger partial charge on any atom is -0.463 e. The van der Waals surface area contributed by atoms with E-state index in [1.54, 1.807) is 65.8 Å². The van der Waals surface area contributed by atoms with Crippen LogP contribution in [0, 0.1) is 10.8 Å². The van der Waals surface area contributed by atoms with Crippen LogP contribution in [-0.4, -0.2) is 48.9 Å². The summed E-state index contributed by atoms with van der Waals surface area (Å²) in [4.78, 5) is 56.4. The van der Waals surface area contributed by atoms with Crippen molar-refractivity contribution < 1.29 is 28.8 Å². The van der Waals surface area contributed by atoms with Crippen molar-refractivity contribution in [1.82, 2.24) is 16.1 Å². The highest BCUT2D eigenvalue weighted by Gasteiger charge is 2.25. The summed E-state index contributed by atoms with van der Waals surface area (Å²) in [5, 5.41) is 5.06. The van der Waals surface area contributed by atoms with Gasteiger partial charge in [0, 0.05) is 6.54 Å². The predicted molar refractivity (Wildman–Crippen MR) is 130 cm³/mol. The number of nitrogens with two attached hydrogens (primary N) is 2. The average molecular weight is 493 g/mol. The number of rotatable bonds is 8. The largest absolute Gasteiger partial charge is 0.463 e. The smallest absolute Gasteiger partial charge is 0.337 e. The Morgan fingerprint density at radius 2 is 1.51 bits per heavy atom. The Bertz CT molecular complexity index is 931. The van der Waals surface area contributed by atoms with Gasteiger partial charge in [-0.15, -0.1) is 0 Å². The Kier molecular flexibility index (Phi) is 10.7. The molecule has 0 aliphatic heterocycles. The number of carbonyl (C=O) groups excluding carboxylic acids is 4. The lowest BCUT2D eigenvalue weighted by molar-refractivity contribution is -0.157. The molecule has 1 rings (SSSR count). The number of carbonyl (C=O) groups is 4. The van der Waals surface area contributed by atoms with E-state index in [2.05, 4.69) is 21.1 Å². The first-order valence-electron chi connectivity index (χ1n) is 11.0. The number of hydroxylamine groups is 1. The zero-order valence-corrected chi connectivity index (χ0v) is 21.1. The van der Waals surface area contributed by atoms with Crippen LogP contribution in [0.5, 0.6) is 0 Å². The topological polar surface area (TPSA) is 187 Å². The van der Waals surface area contributed by atoms with Crippen molar-refractivity contribution in [2.75, 3.05) is 13.2 Å². The van der Waals surface area contributed by atoms with Crippen LogP contribution >= 0.6 is 0 Å². The normalized spacial score (nSPS) is 12.8. The molecule has 7 N–H and O–H groups in total. The summed E-state index contributed by atoms with van der Waals surface area (Å²) < 4.78 is 5.00. The van der Waals surface area contributed by atoms with Gasteiger partial charge in [0.05, 0.1) is 23.1 Å². The van der Waals surface area contributed by atoms with Crippen LogP contribution in [-0.2, 0) is 35.3 Å². The summed E-state index contributed by atoms with van der Waals surface area (Å²) in [6.45, 7) is 9.83. The van der Waals surface area contributed by atoms with E-state index in [1.165, 1.54) is 0 Å². The third kappa shape index (κ3) is 11.3. The minimum absolute atomic E-state index is 0.0919. The average Bonchev–Trinajstić information content (AvgIpc) is 2.77. The molecule has 1 aromatic carbocycles. The molecule has 0 aliphatic rings. The second-order valence-corrected chi connectivity index (χ2v) is 9.85. The fourth-order valence-electron chi connectivity index (χ4n) is 2.12. The molecule has 194 valence electrons. The number of esters is 1. The van der Waals surface area contributed by atoms with Gasteiger partial charge in [0.15, 0.2) is 0 Å². The lowest BCUT2D eigenvalue weighted by atomic mass is 9.97. The molecule has 1 atom stereocenters. The van der Waals surface area contributed by atoms with Crippen LogP contribution in [0.15, 0.2) is 29.3 Å². The lowest BCUT2D eigenvalue weighted by Gasteiger charge is -2.18. The number of hydrogen-bond acceptors (Lipinski definition) is 8. The number of guanidine groups is 1. The third-order valence-corrected chi connectivity index (χ3v) is 4.30. The van der Waals surface area contributed by atoms with Crippen LogP contribution in [0.2, 0.25) is 0 Å². The van der Waals surface area contributed by atoms with Gasteiger partial charge in [-0.05, 0) is 59.2 Å². The van der Waals surface area contributed by atoms with Crippen molar-refractivity contribution in [3.05, 3.63) is 29.8 Å². The van der Waals surface area contributed by atoms with Crippen LogP contribution in [0.25, 0.3) is 0 Å². The molecule has 0 spiro atoms. The Balaban J connectivity index is 2.41. The van der Waals surface area contributed by atoms with Crippen molar-refractivity contribution in [2.24, 2.45) is 27.3 Å². The second-order valence-electron chi connectivity index (χ2n) is 9.85. The molecule has 0 unspecified atom stereocenters. The molecule has 0 heterocycles. The maximum Gasteiger partial charge on any atom is 0.337 e. The van der Waals surface area contributed by atoms with Crippen molar-refractivity contribution in [1.29, 1.82) is 0 Å². The number of nitrogens with one attached hydrogen (secondary N) is 3. The maximum atomic E-state index is 12.0. The molecule has 0 radical (unpaired) electrons.